The van der Waals surface area contributed by atoms with Gasteiger partial charge in [0.25, 0.3) is 5.60 Å². The number of amides is 1. The maximum Gasteiger partial charge on any atom is 0.430 e. The van der Waals surface area contributed by atoms with Crippen molar-refractivity contribution >= 4 is 21.6 Å². The number of alkyl halides is 6. The molecule has 1 aromatic carbocycles. The van der Waals surface area contributed by atoms with E-state index in [1.165, 1.54) is 31.2 Å². The Bertz CT molecular complexity index is 1020. The normalized spacial score (nSPS) is 13.2. The summed E-state index contributed by atoms with van der Waals surface area (Å²) in [6.45, 7) is 1.47. The summed E-state index contributed by atoms with van der Waals surface area (Å²) < 4.78 is 101. The van der Waals surface area contributed by atoms with Gasteiger partial charge < -0.3 is 10.4 Å². The van der Waals surface area contributed by atoms with Gasteiger partial charge in [-0.15, -0.1) is 0 Å². The molecule has 1 aromatic heterocycles. The number of aromatic nitrogens is 1. The molecule has 6 nitrogen and oxygen atoms in total. The number of sulfone groups is 1. The Morgan fingerprint density at radius 1 is 1.00 bits per heavy atom. The molecule has 0 spiro atoms. The molecule has 170 valence electrons. The average Bonchev–Trinajstić information content (AvgIpc) is 2.66. The lowest BCUT2D eigenvalue weighted by molar-refractivity contribution is -0.376. The minimum absolute atomic E-state index is 0.0678. The number of carbonyl (C=O) groups excluding carboxylic acids is 1. The molecule has 2 N–H and O–H groups in total. The third kappa shape index (κ3) is 5.15. The van der Waals surface area contributed by atoms with Crippen molar-refractivity contribution < 1.29 is 44.7 Å². The predicted octanol–water partition coefficient (Wildman–Crippen LogP) is 3.37. The summed E-state index contributed by atoms with van der Waals surface area (Å²) in [5.74, 6) is -1.15. The zero-order valence-electron chi connectivity index (χ0n) is 15.8. The van der Waals surface area contributed by atoms with Gasteiger partial charge in [0.1, 0.15) is 5.82 Å². The molecule has 0 atom stereocenters. The van der Waals surface area contributed by atoms with Crippen LogP contribution in [-0.2, 0) is 26.7 Å². The summed E-state index contributed by atoms with van der Waals surface area (Å²) in [6, 6.07) is 6.45. The van der Waals surface area contributed by atoms with Crippen LogP contribution in [0.1, 0.15) is 18.1 Å². The number of pyridine rings is 1. The van der Waals surface area contributed by atoms with E-state index in [4.69, 9.17) is 0 Å². The molecule has 0 aliphatic heterocycles. The highest BCUT2D eigenvalue weighted by Gasteiger charge is 2.71. The molecule has 0 bridgehead atoms. The summed E-state index contributed by atoms with van der Waals surface area (Å²) in [4.78, 5) is 15.4. The maximum atomic E-state index is 12.9. The molecule has 0 fully saturated rings. The molecule has 0 aliphatic rings. The second-order valence-electron chi connectivity index (χ2n) is 6.41. The van der Waals surface area contributed by atoms with Crippen LogP contribution in [-0.4, -0.2) is 42.5 Å². The van der Waals surface area contributed by atoms with E-state index < -0.39 is 39.3 Å². The Balaban J connectivity index is 2.14. The van der Waals surface area contributed by atoms with Crippen LogP contribution in [0.2, 0.25) is 0 Å². The number of halogens is 6. The SMILES string of the molecule is CCS(=O)(=O)c1ccc(CC(=O)Nc2ccc(C(O)(C(F)(F)F)C(F)(F)F)cn2)cc1. The van der Waals surface area contributed by atoms with Crippen molar-refractivity contribution in [1.29, 1.82) is 0 Å². The van der Waals surface area contributed by atoms with Crippen LogP contribution in [0.5, 0.6) is 0 Å². The van der Waals surface area contributed by atoms with Crippen LogP contribution in [0.25, 0.3) is 0 Å². The van der Waals surface area contributed by atoms with Crippen LogP contribution in [0.15, 0.2) is 47.5 Å². The van der Waals surface area contributed by atoms with E-state index in [1.807, 2.05) is 0 Å². The number of hydrogen-bond donors (Lipinski definition) is 2. The van der Waals surface area contributed by atoms with Gasteiger partial charge in [-0.2, -0.15) is 26.3 Å². The summed E-state index contributed by atoms with van der Waals surface area (Å²) in [6.07, 6.45) is -12.2. The third-order valence-corrected chi connectivity index (χ3v) is 6.05. The van der Waals surface area contributed by atoms with Crippen LogP contribution < -0.4 is 5.32 Å². The molecule has 0 radical (unpaired) electrons. The van der Waals surface area contributed by atoms with Crippen LogP contribution in [0.4, 0.5) is 32.2 Å². The monoisotopic (exact) mass is 470 g/mol. The van der Waals surface area contributed by atoms with Crippen molar-refractivity contribution in [2.45, 2.75) is 36.2 Å². The van der Waals surface area contributed by atoms with Crippen molar-refractivity contribution in [3.63, 3.8) is 0 Å². The zero-order chi connectivity index (χ0) is 23.7. The van der Waals surface area contributed by atoms with Gasteiger partial charge in [-0.1, -0.05) is 25.1 Å². The Kier molecular flexibility index (Phi) is 6.71. The van der Waals surface area contributed by atoms with E-state index in [0.717, 1.165) is 0 Å². The fourth-order valence-electron chi connectivity index (χ4n) is 2.52. The highest BCUT2D eigenvalue weighted by molar-refractivity contribution is 7.91. The Morgan fingerprint density at radius 2 is 1.55 bits per heavy atom. The van der Waals surface area contributed by atoms with Crippen LogP contribution in [0.3, 0.4) is 0 Å². The molecule has 13 heteroatoms. The highest BCUT2D eigenvalue weighted by atomic mass is 32.2. The first kappa shape index (κ1) is 24.6. The highest BCUT2D eigenvalue weighted by Crippen LogP contribution is 2.49. The number of anilines is 1. The van der Waals surface area contributed by atoms with Gasteiger partial charge in [-0.25, -0.2) is 13.4 Å². The first-order chi connectivity index (χ1) is 14.1. The van der Waals surface area contributed by atoms with Crippen LogP contribution in [0, 0.1) is 0 Å². The first-order valence-electron chi connectivity index (χ1n) is 8.55. The largest absolute Gasteiger partial charge is 0.430 e. The smallest absolute Gasteiger partial charge is 0.369 e. The zero-order valence-corrected chi connectivity index (χ0v) is 16.6. The summed E-state index contributed by atoms with van der Waals surface area (Å²) >= 11 is 0. The standard InChI is InChI=1S/C18H16F6N2O4S/c1-2-31(29,30)13-6-3-11(4-7-13)9-15(27)26-14-8-5-12(10-25-14)16(28,17(19,20)21)18(22,23)24/h3-8,10,28H,2,9H2,1H3,(H,25,26,27). The van der Waals surface area contributed by atoms with Crippen molar-refractivity contribution in [1.82, 2.24) is 4.98 Å². The van der Waals surface area contributed by atoms with E-state index in [1.54, 1.807) is 0 Å². The number of carbonyl (C=O) groups is 1. The Morgan fingerprint density at radius 3 is 1.97 bits per heavy atom. The van der Waals surface area contributed by atoms with Crippen molar-refractivity contribution in [3.05, 3.63) is 53.7 Å². The lowest BCUT2D eigenvalue weighted by atomic mass is 9.94. The quantitative estimate of drug-likeness (QED) is 0.632. The topological polar surface area (TPSA) is 96.4 Å². The lowest BCUT2D eigenvalue weighted by Crippen LogP contribution is -2.53. The fraction of sp³-hybridized carbons (Fsp3) is 0.333. The summed E-state index contributed by atoms with van der Waals surface area (Å²) in [5.41, 5.74) is -6.26. The van der Waals surface area contributed by atoms with Gasteiger partial charge in [-0.05, 0) is 23.8 Å². The van der Waals surface area contributed by atoms with E-state index in [2.05, 4.69) is 10.3 Å². The van der Waals surface area contributed by atoms with Gasteiger partial charge >= 0.3 is 12.4 Å². The number of hydrogen-bond acceptors (Lipinski definition) is 5. The molecule has 1 amide bonds. The third-order valence-electron chi connectivity index (χ3n) is 4.30. The molecule has 1 heterocycles. The number of benzene rings is 1. The van der Waals surface area contributed by atoms with Crippen molar-refractivity contribution in [3.8, 4) is 0 Å². The second kappa shape index (κ2) is 8.46. The number of rotatable bonds is 6. The molecular formula is C18H16F6N2O4S. The van der Waals surface area contributed by atoms with Crippen molar-refractivity contribution in [2.75, 3.05) is 11.1 Å². The number of nitrogens with zero attached hydrogens (tertiary/aromatic N) is 1. The lowest BCUT2D eigenvalue weighted by Gasteiger charge is -2.32. The first-order valence-corrected chi connectivity index (χ1v) is 10.2. The average molecular weight is 470 g/mol. The number of aliphatic hydroxyl groups is 1. The minimum atomic E-state index is -6.05. The molecule has 0 saturated heterocycles. The molecule has 0 saturated carbocycles. The van der Waals surface area contributed by atoms with Crippen LogP contribution >= 0.6 is 0 Å². The fourth-order valence-corrected chi connectivity index (χ4v) is 3.41. The molecule has 0 aliphatic carbocycles. The van der Waals surface area contributed by atoms with Gasteiger partial charge in [0.15, 0.2) is 9.84 Å². The predicted molar refractivity (Wildman–Crippen MR) is 96.7 cm³/mol. The van der Waals surface area contributed by atoms with Gasteiger partial charge in [0, 0.05) is 11.8 Å². The van der Waals surface area contributed by atoms with Gasteiger partial charge in [0.2, 0.25) is 5.91 Å². The number of nitrogens with one attached hydrogen (secondary N) is 1. The van der Waals surface area contributed by atoms with Crippen molar-refractivity contribution in [2.24, 2.45) is 0 Å². The van der Waals surface area contributed by atoms with Gasteiger partial charge in [-0.3, -0.25) is 4.79 Å². The molecule has 2 aromatic rings. The molecule has 0 unspecified atom stereocenters. The van der Waals surface area contributed by atoms with E-state index in [-0.39, 0.29) is 29.1 Å². The second-order valence-corrected chi connectivity index (χ2v) is 8.69. The summed E-state index contributed by atoms with van der Waals surface area (Å²) in [7, 11) is -3.42. The molecular weight excluding hydrogens is 454 g/mol. The Labute approximate surface area is 172 Å². The van der Waals surface area contributed by atoms with E-state index >= 15 is 0 Å². The minimum Gasteiger partial charge on any atom is -0.369 e. The Hall–Kier alpha value is -2.67. The molecule has 31 heavy (non-hydrogen) atoms. The molecule has 2 rings (SSSR count). The van der Waals surface area contributed by atoms with E-state index in [0.29, 0.717) is 17.7 Å². The summed E-state index contributed by atoms with van der Waals surface area (Å²) in [5, 5.41) is 11.5. The maximum absolute atomic E-state index is 12.9. The van der Waals surface area contributed by atoms with E-state index in [9.17, 15) is 44.7 Å². The van der Waals surface area contributed by atoms with Gasteiger partial charge in [0.05, 0.1) is 17.1 Å².